The quantitative estimate of drug-likeness (QED) is 0.855. The first-order chi connectivity index (χ1) is 8.22. The zero-order valence-corrected chi connectivity index (χ0v) is 10.0. The fourth-order valence-electron chi connectivity index (χ4n) is 1.68. The first-order valence-corrected chi connectivity index (χ1v) is 5.44. The second-order valence-electron chi connectivity index (χ2n) is 3.90. The highest BCUT2D eigenvalue weighted by molar-refractivity contribution is 5.39. The Labute approximate surface area is 100 Å². The van der Waals surface area contributed by atoms with E-state index in [1.54, 1.807) is 20.3 Å². The van der Waals surface area contributed by atoms with Crippen molar-refractivity contribution in [3.8, 4) is 11.5 Å². The van der Waals surface area contributed by atoms with Crippen molar-refractivity contribution < 1.29 is 18.9 Å². The molecule has 0 aliphatic carbocycles. The van der Waals surface area contributed by atoms with Crippen LogP contribution in [0.1, 0.15) is 11.9 Å². The van der Waals surface area contributed by atoms with E-state index in [1.165, 1.54) is 0 Å². The van der Waals surface area contributed by atoms with Gasteiger partial charge in [0.1, 0.15) is 11.5 Å². The van der Waals surface area contributed by atoms with Crippen molar-refractivity contribution in [2.24, 2.45) is 5.73 Å². The zero-order valence-electron chi connectivity index (χ0n) is 10.0. The summed E-state index contributed by atoms with van der Waals surface area (Å²) in [5.41, 5.74) is 6.56. The molecular weight excluding hydrogens is 222 g/mol. The summed E-state index contributed by atoms with van der Waals surface area (Å²) in [6, 6.07) is 5.48. The number of ether oxygens (including phenoxy) is 4. The van der Waals surface area contributed by atoms with Crippen LogP contribution in [0.2, 0.25) is 0 Å². The van der Waals surface area contributed by atoms with Crippen molar-refractivity contribution in [1.82, 2.24) is 0 Å². The smallest absolute Gasteiger partial charge is 0.184 e. The van der Waals surface area contributed by atoms with Gasteiger partial charge in [0, 0.05) is 11.6 Å². The minimum atomic E-state index is -0.404. The number of rotatable bonds is 3. The molecule has 94 valence electrons. The average molecular weight is 239 g/mol. The van der Waals surface area contributed by atoms with Crippen LogP contribution in [0.25, 0.3) is 0 Å². The van der Waals surface area contributed by atoms with Crippen LogP contribution in [-0.2, 0) is 9.47 Å². The fraction of sp³-hybridized carbons (Fsp3) is 0.500. The standard InChI is InChI=1S/C12H17NO4/c1-14-10-3-8(4-11(5-10)15-2)12-16-6-9(13)7-17-12/h3-5,9,12H,6-7,13H2,1-2H3. The Morgan fingerprint density at radius 3 is 2.06 bits per heavy atom. The summed E-state index contributed by atoms with van der Waals surface area (Å²) in [6.07, 6.45) is -0.404. The monoisotopic (exact) mass is 239 g/mol. The molecule has 1 saturated heterocycles. The lowest BCUT2D eigenvalue weighted by molar-refractivity contribution is -0.190. The van der Waals surface area contributed by atoms with Gasteiger partial charge in [-0.2, -0.15) is 0 Å². The molecule has 5 nitrogen and oxygen atoms in total. The fourth-order valence-corrected chi connectivity index (χ4v) is 1.68. The SMILES string of the molecule is COc1cc(OC)cc(C2OCC(N)CO2)c1. The third-order valence-electron chi connectivity index (χ3n) is 2.57. The maximum Gasteiger partial charge on any atom is 0.184 e. The summed E-state index contributed by atoms with van der Waals surface area (Å²) in [5, 5.41) is 0. The molecule has 1 aromatic rings. The van der Waals surface area contributed by atoms with Gasteiger partial charge in [0.2, 0.25) is 0 Å². The maximum atomic E-state index is 5.69. The number of nitrogens with two attached hydrogens (primary N) is 1. The molecule has 1 heterocycles. The summed E-state index contributed by atoms with van der Waals surface area (Å²) in [7, 11) is 3.22. The van der Waals surface area contributed by atoms with Crippen LogP contribution >= 0.6 is 0 Å². The highest BCUT2D eigenvalue weighted by atomic mass is 16.7. The Morgan fingerprint density at radius 2 is 1.59 bits per heavy atom. The topological polar surface area (TPSA) is 62.9 Å². The molecular formula is C12H17NO4. The Bertz CT molecular complexity index is 353. The summed E-state index contributed by atoms with van der Waals surface area (Å²) in [6.45, 7) is 0.981. The molecule has 17 heavy (non-hydrogen) atoms. The number of benzene rings is 1. The van der Waals surface area contributed by atoms with Crippen LogP contribution in [0.5, 0.6) is 11.5 Å². The van der Waals surface area contributed by atoms with Gasteiger partial charge in [0.25, 0.3) is 0 Å². The van der Waals surface area contributed by atoms with E-state index in [4.69, 9.17) is 24.7 Å². The van der Waals surface area contributed by atoms with Crippen LogP contribution in [0.15, 0.2) is 18.2 Å². The van der Waals surface area contributed by atoms with E-state index in [0.717, 1.165) is 5.56 Å². The number of hydrogen-bond donors (Lipinski definition) is 1. The van der Waals surface area contributed by atoms with Crippen LogP contribution < -0.4 is 15.2 Å². The second kappa shape index (κ2) is 5.35. The molecule has 1 aliphatic heterocycles. The molecule has 1 aromatic carbocycles. The van der Waals surface area contributed by atoms with Gasteiger partial charge in [-0.15, -0.1) is 0 Å². The summed E-state index contributed by atoms with van der Waals surface area (Å²) < 4.78 is 21.4. The van der Waals surface area contributed by atoms with E-state index in [9.17, 15) is 0 Å². The lowest BCUT2D eigenvalue weighted by Gasteiger charge is -2.27. The lowest BCUT2D eigenvalue weighted by atomic mass is 10.1. The molecule has 2 N–H and O–H groups in total. The van der Waals surface area contributed by atoms with Gasteiger partial charge >= 0.3 is 0 Å². The highest BCUT2D eigenvalue weighted by Gasteiger charge is 2.22. The molecule has 0 radical (unpaired) electrons. The third kappa shape index (κ3) is 2.88. The van der Waals surface area contributed by atoms with Crippen LogP contribution in [-0.4, -0.2) is 33.5 Å². The van der Waals surface area contributed by atoms with Gasteiger partial charge in [0.15, 0.2) is 6.29 Å². The highest BCUT2D eigenvalue weighted by Crippen LogP contribution is 2.30. The Kier molecular flexibility index (Phi) is 3.83. The largest absolute Gasteiger partial charge is 0.497 e. The van der Waals surface area contributed by atoms with Gasteiger partial charge in [-0.3, -0.25) is 0 Å². The summed E-state index contributed by atoms with van der Waals surface area (Å²) >= 11 is 0. The molecule has 5 heteroatoms. The van der Waals surface area contributed by atoms with Gasteiger partial charge < -0.3 is 24.7 Å². The normalized spacial score (nSPS) is 24.4. The van der Waals surface area contributed by atoms with E-state index in [0.29, 0.717) is 24.7 Å². The average Bonchev–Trinajstić information content (AvgIpc) is 2.39. The van der Waals surface area contributed by atoms with E-state index < -0.39 is 6.29 Å². The third-order valence-corrected chi connectivity index (χ3v) is 2.57. The minimum Gasteiger partial charge on any atom is -0.497 e. The van der Waals surface area contributed by atoms with Crippen LogP contribution in [0.4, 0.5) is 0 Å². The molecule has 0 amide bonds. The Hall–Kier alpha value is -1.30. The first-order valence-electron chi connectivity index (χ1n) is 5.44. The maximum absolute atomic E-state index is 5.69. The number of methoxy groups -OCH3 is 2. The lowest BCUT2D eigenvalue weighted by Crippen LogP contribution is -2.37. The molecule has 1 fully saturated rings. The first kappa shape index (κ1) is 12.2. The van der Waals surface area contributed by atoms with Crippen molar-refractivity contribution in [2.75, 3.05) is 27.4 Å². The predicted molar refractivity (Wildman–Crippen MR) is 62.2 cm³/mol. The molecule has 0 unspecified atom stereocenters. The minimum absolute atomic E-state index is 0.0567. The van der Waals surface area contributed by atoms with Crippen molar-refractivity contribution in [2.45, 2.75) is 12.3 Å². The van der Waals surface area contributed by atoms with Crippen molar-refractivity contribution >= 4 is 0 Å². The summed E-state index contributed by atoms with van der Waals surface area (Å²) in [4.78, 5) is 0. The van der Waals surface area contributed by atoms with Crippen molar-refractivity contribution in [3.05, 3.63) is 23.8 Å². The van der Waals surface area contributed by atoms with E-state index in [1.807, 2.05) is 12.1 Å². The summed E-state index contributed by atoms with van der Waals surface area (Å²) in [5.74, 6) is 1.42. The van der Waals surface area contributed by atoms with Crippen LogP contribution in [0, 0.1) is 0 Å². The van der Waals surface area contributed by atoms with Crippen molar-refractivity contribution in [3.63, 3.8) is 0 Å². The molecule has 0 bridgehead atoms. The molecule has 0 aromatic heterocycles. The van der Waals surface area contributed by atoms with E-state index in [-0.39, 0.29) is 6.04 Å². The molecule has 0 spiro atoms. The predicted octanol–water partition coefficient (Wildman–Crippen LogP) is 1.08. The second-order valence-corrected chi connectivity index (χ2v) is 3.90. The molecule has 1 aliphatic rings. The van der Waals surface area contributed by atoms with Gasteiger partial charge in [-0.1, -0.05) is 0 Å². The Balaban J connectivity index is 2.19. The zero-order chi connectivity index (χ0) is 12.3. The van der Waals surface area contributed by atoms with Gasteiger partial charge in [0.05, 0.1) is 33.5 Å². The van der Waals surface area contributed by atoms with Crippen LogP contribution in [0.3, 0.4) is 0 Å². The number of hydrogen-bond acceptors (Lipinski definition) is 5. The van der Waals surface area contributed by atoms with Gasteiger partial charge in [-0.25, -0.2) is 0 Å². The Morgan fingerprint density at radius 1 is 1.06 bits per heavy atom. The molecule has 2 rings (SSSR count). The van der Waals surface area contributed by atoms with Gasteiger partial charge in [-0.05, 0) is 12.1 Å². The van der Waals surface area contributed by atoms with E-state index >= 15 is 0 Å². The van der Waals surface area contributed by atoms with Crippen molar-refractivity contribution in [1.29, 1.82) is 0 Å². The van der Waals surface area contributed by atoms with E-state index in [2.05, 4.69) is 0 Å². The molecule has 0 atom stereocenters. The molecule has 0 saturated carbocycles.